The molecule has 174 valence electrons. The Hall–Kier alpha value is -2.77. The van der Waals surface area contributed by atoms with E-state index in [9.17, 15) is 17.2 Å². The van der Waals surface area contributed by atoms with Crippen LogP contribution in [0.1, 0.15) is 35.6 Å². The summed E-state index contributed by atoms with van der Waals surface area (Å²) in [5.74, 6) is -2.84. The molecule has 0 N–H and O–H groups in total. The first kappa shape index (κ1) is 23.4. The molecule has 0 amide bonds. The maximum Gasteiger partial charge on any atom is 0.271 e. The number of hydrogen-bond acceptors (Lipinski definition) is 4. The van der Waals surface area contributed by atoms with Crippen molar-refractivity contribution in [1.82, 2.24) is 0 Å². The number of anilines is 1. The van der Waals surface area contributed by atoms with E-state index in [0.29, 0.717) is 24.3 Å². The minimum absolute atomic E-state index is 0.146. The van der Waals surface area contributed by atoms with E-state index in [-0.39, 0.29) is 17.7 Å². The van der Waals surface area contributed by atoms with Crippen LogP contribution in [0.3, 0.4) is 0 Å². The van der Waals surface area contributed by atoms with Crippen LogP contribution in [0.5, 0.6) is 0 Å². The molecule has 3 aromatic carbocycles. The van der Waals surface area contributed by atoms with E-state index in [1.165, 1.54) is 6.26 Å². The van der Waals surface area contributed by atoms with E-state index >= 15 is 0 Å². The molecule has 4 nitrogen and oxygen atoms in total. The van der Waals surface area contributed by atoms with Gasteiger partial charge in [0.1, 0.15) is 6.61 Å². The summed E-state index contributed by atoms with van der Waals surface area (Å²) in [5, 5.41) is 0. The lowest BCUT2D eigenvalue weighted by Gasteiger charge is -2.31. The number of ether oxygens (including phenoxy) is 1. The fourth-order valence-corrected chi connectivity index (χ4v) is 5.03. The van der Waals surface area contributed by atoms with Crippen molar-refractivity contribution in [3.8, 4) is 0 Å². The molecule has 1 fully saturated rings. The van der Waals surface area contributed by atoms with Crippen molar-refractivity contribution in [3.05, 3.63) is 95.6 Å². The summed E-state index contributed by atoms with van der Waals surface area (Å²) >= 11 is 0. The number of sulfone groups is 1. The van der Waals surface area contributed by atoms with Gasteiger partial charge in [0.05, 0.1) is 16.7 Å². The number of rotatable bonds is 7. The van der Waals surface area contributed by atoms with Gasteiger partial charge in [0.15, 0.2) is 9.84 Å². The molecule has 0 bridgehead atoms. The molecule has 7 heteroatoms. The molecule has 1 aliphatic heterocycles. The summed E-state index contributed by atoms with van der Waals surface area (Å²) in [6.07, 6.45) is 0.500. The highest BCUT2D eigenvalue weighted by Crippen LogP contribution is 2.38. The highest BCUT2D eigenvalue weighted by molar-refractivity contribution is 7.90. The number of halogens is 2. The molecule has 1 saturated heterocycles. The monoisotopic (exact) mass is 471 g/mol. The van der Waals surface area contributed by atoms with Gasteiger partial charge in [-0.2, -0.15) is 0 Å². The SMILES string of the molecule is CS(=O)(=O)c1cc(C2CCC(F)(F)CO2)ccc1N(Cc1ccccc1)Cc1ccccc1. The summed E-state index contributed by atoms with van der Waals surface area (Å²) in [4.78, 5) is 2.20. The number of alkyl halides is 2. The summed E-state index contributed by atoms with van der Waals surface area (Å²) in [7, 11) is -3.59. The maximum absolute atomic E-state index is 13.5. The predicted octanol–water partition coefficient (Wildman–Crippen LogP) is 5.78. The molecule has 0 aliphatic carbocycles. The van der Waals surface area contributed by atoms with E-state index in [2.05, 4.69) is 0 Å². The van der Waals surface area contributed by atoms with Crippen molar-refractivity contribution >= 4 is 15.5 Å². The van der Waals surface area contributed by atoms with Crippen molar-refractivity contribution in [1.29, 1.82) is 0 Å². The Labute approximate surface area is 193 Å². The summed E-state index contributed by atoms with van der Waals surface area (Å²) in [5.41, 5.74) is 3.29. The van der Waals surface area contributed by atoms with Crippen LogP contribution < -0.4 is 4.90 Å². The van der Waals surface area contributed by atoms with Crippen molar-refractivity contribution in [3.63, 3.8) is 0 Å². The van der Waals surface area contributed by atoms with Gasteiger partial charge in [-0.25, -0.2) is 17.2 Å². The van der Waals surface area contributed by atoms with Gasteiger partial charge in [-0.1, -0.05) is 66.7 Å². The first-order chi connectivity index (χ1) is 15.7. The molecular formula is C26H27F2NO3S. The summed E-state index contributed by atoms with van der Waals surface area (Å²) in [6, 6.07) is 24.8. The molecule has 3 aromatic rings. The van der Waals surface area contributed by atoms with E-state index in [4.69, 9.17) is 4.74 Å². The standard InChI is InChI=1S/C26H27F2NO3S/c1-33(30,31)25-16-22(24-14-15-26(27,28)19-32-24)12-13-23(25)29(17-20-8-4-2-5-9-20)18-21-10-6-3-7-11-21/h2-13,16,24H,14-15,17-19H2,1H3. The number of benzene rings is 3. The lowest BCUT2D eigenvalue weighted by atomic mass is 9.99. The normalized spacial score (nSPS) is 18.1. The summed E-state index contributed by atoms with van der Waals surface area (Å²) in [6.45, 7) is 0.384. The van der Waals surface area contributed by atoms with Gasteiger partial charge >= 0.3 is 0 Å². The zero-order valence-corrected chi connectivity index (χ0v) is 19.3. The second-order valence-corrected chi connectivity index (χ2v) is 10.5. The van der Waals surface area contributed by atoms with Crippen molar-refractivity contribution in [2.45, 2.75) is 42.9 Å². The second kappa shape index (κ2) is 9.61. The predicted molar refractivity (Wildman–Crippen MR) is 125 cm³/mol. The van der Waals surface area contributed by atoms with E-state index < -0.39 is 28.5 Å². The molecule has 0 spiro atoms. The lowest BCUT2D eigenvalue weighted by molar-refractivity contribution is -0.145. The Morgan fingerprint density at radius 2 is 1.52 bits per heavy atom. The molecule has 1 atom stereocenters. The van der Waals surface area contributed by atoms with Gasteiger partial charge in [-0.15, -0.1) is 0 Å². The second-order valence-electron chi connectivity index (χ2n) is 8.52. The largest absolute Gasteiger partial charge is 0.367 e. The van der Waals surface area contributed by atoms with E-state index in [1.807, 2.05) is 65.6 Å². The lowest BCUT2D eigenvalue weighted by Crippen LogP contribution is -2.31. The Bertz CT molecular complexity index is 1130. The summed E-state index contributed by atoms with van der Waals surface area (Å²) < 4.78 is 58.0. The Kier molecular flexibility index (Phi) is 6.81. The van der Waals surface area contributed by atoms with Gasteiger partial charge < -0.3 is 9.64 Å². The molecule has 1 unspecified atom stereocenters. The Balaban J connectivity index is 1.72. The van der Waals surface area contributed by atoms with Gasteiger partial charge in [-0.3, -0.25) is 0 Å². The topological polar surface area (TPSA) is 46.6 Å². The molecule has 33 heavy (non-hydrogen) atoms. The van der Waals surface area contributed by atoms with E-state index in [0.717, 1.165) is 11.1 Å². The average molecular weight is 472 g/mol. The van der Waals surface area contributed by atoms with Crippen LogP contribution in [0, 0.1) is 0 Å². The van der Waals surface area contributed by atoms with E-state index in [1.54, 1.807) is 18.2 Å². The quantitative estimate of drug-likeness (QED) is 0.438. The van der Waals surface area contributed by atoms with Crippen molar-refractivity contribution < 1.29 is 21.9 Å². The van der Waals surface area contributed by atoms with Crippen LogP contribution in [-0.2, 0) is 27.7 Å². The third-order valence-electron chi connectivity index (χ3n) is 5.80. The van der Waals surface area contributed by atoms with Crippen LogP contribution in [-0.4, -0.2) is 27.2 Å². The zero-order valence-electron chi connectivity index (χ0n) is 18.5. The Morgan fingerprint density at radius 1 is 0.939 bits per heavy atom. The van der Waals surface area contributed by atoms with Crippen LogP contribution in [0.15, 0.2) is 83.8 Å². The van der Waals surface area contributed by atoms with Gasteiger partial charge in [-0.05, 0) is 35.2 Å². The van der Waals surface area contributed by atoms with Crippen LogP contribution in [0.4, 0.5) is 14.5 Å². The molecule has 4 rings (SSSR count). The first-order valence-corrected chi connectivity index (χ1v) is 12.8. The minimum Gasteiger partial charge on any atom is -0.367 e. The van der Waals surface area contributed by atoms with Crippen molar-refractivity contribution in [2.24, 2.45) is 0 Å². The third kappa shape index (κ3) is 5.97. The van der Waals surface area contributed by atoms with Gasteiger partial charge in [0.2, 0.25) is 0 Å². The number of nitrogens with zero attached hydrogens (tertiary/aromatic N) is 1. The zero-order chi connectivity index (χ0) is 23.5. The molecule has 1 aliphatic rings. The molecule has 1 heterocycles. The number of hydrogen-bond donors (Lipinski definition) is 0. The average Bonchev–Trinajstić information content (AvgIpc) is 2.79. The third-order valence-corrected chi connectivity index (χ3v) is 6.92. The minimum atomic E-state index is -3.59. The molecule has 0 saturated carbocycles. The maximum atomic E-state index is 13.5. The fraction of sp³-hybridized carbons (Fsp3) is 0.308. The first-order valence-electron chi connectivity index (χ1n) is 10.9. The molecular weight excluding hydrogens is 444 g/mol. The molecule has 0 aromatic heterocycles. The van der Waals surface area contributed by atoms with Gasteiger partial charge in [0.25, 0.3) is 5.92 Å². The highest BCUT2D eigenvalue weighted by Gasteiger charge is 2.36. The van der Waals surface area contributed by atoms with Crippen molar-refractivity contribution in [2.75, 3.05) is 17.8 Å². The highest BCUT2D eigenvalue weighted by atomic mass is 32.2. The smallest absolute Gasteiger partial charge is 0.271 e. The van der Waals surface area contributed by atoms with Gasteiger partial charge in [0, 0.05) is 25.8 Å². The molecule has 0 radical (unpaired) electrons. The van der Waals surface area contributed by atoms with Crippen LogP contribution in [0.2, 0.25) is 0 Å². The van der Waals surface area contributed by atoms with Crippen LogP contribution in [0.25, 0.3) is 0 Å². The fourth-order valence-electron chi connectivity index (χ4n) is 4.11. The Morgan fingerprint density at radius 3 is 2.00 bits per heavy atom. The van der Waals surface area contributed by atoms with Crippen LogP contribution >= 0.6 is 0 Å².